The number of hydrogen-bond donors (Lipinski definition) is 0. The van der Waals surface area contributed by atoms with E-state index in [0.29, 0.717) is 0 Å². The second-order valence-electron chi connectivity index (χ2n) is 7.55. The first-order chi connectivity index (χ1) is 9.15. The molecule has 0 aromatic rings. The van der Waals surface area contributed by atoms with E-state index in [1.165, 1.54) is 77.9 Å². The van der Waals surface area contributed by atoms with E-state index >= 15 is 0 Å². The predicted molar refractivity (Wildman–Crippen MR) is 80.4 cm³/mol. The van der Waals surface area contributed by atoms with Gasteiger partial charge in [-0.2, -0.15) is 0 Å². The van der Waals surface area contributed by atoms with Crippen molar-refractivity contribution in [2.75, 3.05) is 59.9 Å². The number of rotatable bonds is 3. The first kappa shape index (κ1) is 13.8. The fourth-order valence-electron chi connectivity index (χ4n) is 4.38. The van der Waals surface area contributed by atoms with Crippen molar-refractivity contribution in [1.29, 1.82) is 0 Å². The van der Waals surface area contributed by atoms with Gasteiger partial charge >= 0.3 is 0 Å². The maximum Gasteiger partial charge on any atom is 0.00484 e. The molecule has 0 bridgehead atoms. The molecule has 0 unspecified atom stereocenters. The van der Waals surface area contributed by atoms with Crippen molar-refractivity contribution >= 4 is 0 Å². The van der Waals surface area contributed by atoms with Crippen molar-refractivity contribution in [1.82, 2.24) is 14.7 Å². The van der Waals surface area contributed by atoms with Crippen molar-refractivity contribution < 1.29 is 0 Å². The minimum absolute atomic E-state index is 0.721. The van der Waals surface area contributed by atoms with Crippen LogP contribution in [0.25, 0.3) is 0 Å². The van der Waals surface area contributed by atoms with Gasteiger partial charge in [-0.25, -0.2) is 0 Å². The summed E-state index contributed by atoms with van der Waals surface area (Å²) < 4.78 is 0. The van der Waals surface area contributed by atoms with Gasteiger partial charge in [0.05, 0.1) is 0 Å². The van der Waals surface area contributed by atoms with Gasteiger partial charge in [-0.1, -0.05) is 0 Å². The molecule has 3 rings (SSSR count). The summed E-state index contributed by atoms with van der Waals surface area (Å²) in [6.45, 7) is 9.44. The van der Waals surface area contributed by atoms with Gasteiger partial charge in [0.2, 0.25) is 0 Å². The average molecular weight is 265 g/mol. The van der Waals surface area contributed by atoms with Crippen LogP contribution in [-0.4, -0.2) is 74.6 Å². The van der Waals surface area contributed by atoms with Gasteiger partial charge in [-0.15, -0.1) is 0 Å². The molecule has 0 saturated carbocycles. The molecule has 19 heavy (non-hydrogen) atoms. The molecular weight excluding hydrogens is 234 g/mol. The van der Waals surface area contributed by atoms with Crippen LogP contribution >= 0.6 is 0 Å². The minimum Gasteiger partial charge on any atom is -0.306 e. The quantitative estimate of drug-likeness (QED) is 0.770. The smallest absolute Gasteiger partial charge is 0.00484 e. The van der Waals surface area contributed by atoms with Crippen LogP contribution in [0, 0.1) is 11.3 Å². The maximum absolute atomic E-state index is 2.74. The molecule has 0 aliphatic carbocycles. The van der Waals surface area contributed by atoms with Crippen LogP contribution in [0.1, 0.15) is 32.1 Å². The SMILES string of the molecule is CN1CCC(CCN2CCC3(CC2)CN(C)C3)CC1. The zero-order valence-electron chi connectivity index (χ0n) is 12.9. The summed E-state index contributed by atoms with van der Waals surface area (Å²) in [5, 5.41) is 0. The van der Waals surface area contributed by atoms with E-state index in [-0.39, 0.29) is 0 Å². The first-order valence-electron chi connectivity index (χ1n) is 8.25. The molecule has 110 valence electrons. The molecule has 0 aromatic heterocycles. The Balaban J connectivity index is 1.34. The highest BCUT2D eigenvalue weighted by Crippen LogP contribution is 2.39. The van der Waals surface area contributed by atoms with Gasteiger partial charge in [-0.05, 0) is 90.3 Å². The Morgan fingerprint density at radius 3 is 2.11 bits per heavy atom. The van der Waals surface area contributed by atoms with E-state index in [0.717, 1.165) is 11.3 Å². The number of nitrogens with zero attached hydrogens (tertiary/aromatic N) is 3. The van der Waals surface area contributed by atoms with E-state index < -0.39 is 0 Å². The highest BCUT2D eigenvalue weighted by molar-refractivity contribution is 4.96. The Labute approximate surface area is 118 Å². The molecule has 3 heteroatoms. The maximum atomic E-state index is 2.74. The van der Waals surface area contributed by atoms with Gasteiger partial charge in [0.15, 0.2) is 0 Å². The van der Waals surface area contributed by atoms with E-state index in [1.54, 1.807) is 0 Å². The Morgan fingerprint density at radius 1 is 0.895 bits per heavy atom. The summed E-state index contributed by atoms with van der Waals surface area (Å²) in [5.41, 5.74) is 0.721. The fourth-order valence-corrected chi connectivity index (χ4v) is 4.38. The zero-order valence-corrected chi connectivity index (χ0v) is 12.9. The largest absolute Gasteiger partial charge is 0.306 e. The molecule has 3 fully saturated rings. The van der Waals surface area contributed by atoms with Crippen LogP contribution in [0.2, 0.25) is 0 Å². The van der Waals surface area contributed by atoms with Crippen LogP contribution in [0.4, 0.5) is 0 Å². The summed E-state index contributed by atoms with van der Waals surface area (Å²) in [6.07, 6.45) is 7.20. The summed E-state index contributed by atoms with van der Waals surface area (Å²) in [7, 11) is 4.52. The Bertz CT molecular complexity index is 280. The third-order valence-electron chi connectivity index (χ3n) is 5.82. The fraction of sp³-hybridized carbons (Fsp3) is 1.00. The molecule has 3 aliphatic rings. The molecule has 0 atom stereocenters. The number of hydrogen-bond acceptors (Lipinski definition) is 3. The standard InChI is InChI=1S/C16H31N3/c1-17-8-3-15(4-9-17)5-10-19-11-6-16(7-12-19)13-18(2)14-16/h15H,3-14H2,1-2H3. The molecule has 3 heterocycles. The van der Waals surface area contributed by atoms with Crippen molar-refractivity contribution in [2.24, 2.45) is 11.3 Å². The van der Waals surface area contributed by atoms with E-state index in [9.17, 15) is 0 Å². The van der Waals surface area contributed by atoms with Gasteiger partial charge in [0, 0.05) is 13.1 Å². The van der Waals surface area contributed by atoms with Crippen molar-refractivity contribution in [3.8, 4) is 0 Å². The minimum atomic E-state index is 0.721. The van der Waals surface area contributed by atoms with Crippen molar-refractivity contribution in [3.05, 3.63) is 0 Å². The van der Waals surface area contributed by atoms with E-state index in [4.69, 9.17) is 0 Å². The van der Waals surface area contributed by atoms with Gasteiger partial charge < -0.3 is 14.7 Å². The lowest BCUT2D eigenvalue weighted by atomic mass is 9.72. The highest BCUT2D eigenvalue weighted by Gasteiger charge is 2.42. The molecule has 3 saturated heterocycles. The number of likely N-dealkylation sites (tertiary alicyclic amines) is 3. The van der Waals surface area contributed by atoms with Crippen molar-refractivity contribution in [3.63, 3.8) is 0 Å². The summed E-state index contributed by atoms with van der Waals surface area (Å²) in [5.74, 6) is 1.00. The first-order valence-corrected chi connectivity index (χ1v) is 8.25. The molecule has 0 radical (unpaired) electrons. The Hall–Kier alpha value is -0.120. The third kappa shape index (κ3) is 3.32. The van der Waals surface area contributed by atoms with Crippen LogP contribution < -0.4 is 0 Å². The molecule has 3 aliphatic heterocycles. The Kier molecular flexibility index (Phi) is 4.16. The van der Waals surface area contributed by atoms with Crippen LogP contribution in [0.3, 0.4) is 0 Å². The molecule has 1 spiro atoms. The van der Waals surface area contributed by atoms with Gasteiger partial charge in [0.25, 0.3) is 0 Å². The molecule has 0 amide bonds. The monoisotopic (exact) mass is 265 g/mol. The summed E-state index contributed by atoms with van der Waals surface area (Å²) in [4.78, 5) is 7.70. The normalized spacial score (nSPS) is 30.6. The lowest BCUT2D eigenvalue weighted by molar-refractivity contribution is -0.0323. The second-order valence-corrected chi connectivity index (χ2v) is 7.55. The van der Waals surface area contributed by atoms with E-state index in [1.807, 2.05) is 0 Å². The van der Waals surface area contributed by atoms with Gasteiger partial charge in [-0.3, -0.25) is 0 Å². The molecule has 0 aromatic carbocycles. The number of piperidine rings is 2. The third-order valence-corrected chi connectivity index (χ3v) is 5.82. The topological polar surface area (TPSA) is 9.72 Å². The molecule has 0 N–H and O–H groups in total. The lowest BCUT2D eigenvalue weighted by Gasteiger charge is -2.53. The zero-order chi connectivity index (χ0) is 13.3. The van der Waals surface area contributed by atoms with Crippen molar-refractivity contribution in [2.45, 2.75) is 32.1 Å². The Morgan fingerprint density at radius 2 is 1.53 bits per heavy atom. The van der Waals surface area contributed by atoms with Crippen LogP contribution in [0.15, 0.2) is 0 Å². The molecule has 3 nitrogen and oxygen atoms in total. The second kappa shape index (κ2) is 5.71. The van der Waals surface area contributed by atoms with E-state index in [2.05, 4.69) is 28.8 Å². The summed E-state index contributed by atoms with van der Waals surface area (Å²) in [6, 6.07) is 0. The van der Waals surface area contributed by atoms with Crippen LogP contribution in [-0.2, 0) is 0 Å². The van der Waals surface area contributed by atoms with Gasteiger partial charge in [0.1, 0.15) is 0 Å². The lowest BCUT2D eigenvalue weighted by Crippen LogP contribution is -2.58. The van der Waals surface area contributed by atoms with Crippen LogP contribution in [0.5, 0.6) is 0 Å². The molecular formula is C16H31N3. The summed E-state index contributed by atoms with van der Waals surface area (Å²) >= 11 is 0. The average Bonchev–Trinajstić information content (AvgIpc) is 2.38. The highest BCUT2D eigenvalue weighted by atomic mass is 15.2. The predicted octanol–water partition coefficient (Wildman–Crippen LogP) is 1.75.